The topological polar surface area (TPSA) is 0 Å². The van der Waals surface area contributed by atoms with Crippen molar-refractivity contribution in [2.75, 3.05) is 27.2 Å². The molecule has 0 fully saturated rings. The van der Waals surface area contributed by atoms with Crippen LogP contribution in [-0.2, 0) is 0 Å². The third kappa shape index (κ3) is 4.41. The summed E-state index contributed by atoms with van der Waals surface area (Å²) in [6, 6.07) is 0. The predicted molar refractivity (Wildman–Crippen MR) is 33.2 cm³/mol. The zero-order chi connectivity index (χ0) is 5.91. The van der Waals surface area contributed by atoms with Gasteiger partial charge in [0.15, 0.2) is 0 Å². The number of hydrogen-bond acceptors (Lipinski definition) is 0. The minimum absolute atomic E-state index is 0. The molecule has 0 atom stereocenters. The molecule has 8 heavy (non-hydrogen) atoms. The first kappa shape index (κ1) is 11.1. The van der Waals surface area contributed by atoms with Crippen LogP contribution in [0.5, 0.6) is 0 Å². The Morgan fingerprint density at radius 1 is 1.00 bits per heavy atom. The van der Waals surface area contributed by atoms with Crippen molar-refractivity contribution in [1.82, 2.24) is 0 Å². The fourth-order valence-electron chi connectivity index (χ4n) is 0.224. The van der Waals surface area contributed by atoms with Crippen LogP contribution in [0.2, 0.25) is 0 Å². The molecule has 0 N–H and O–H groups in total. The Balaban J connectivity index is 0. The molecule has 0 rings (SSSR count). The van der Waals surface area contributed by atoms with Crippen LogP contribution in [0.25, 0.3) is 0 Å². The summed E-state index contributed by atoms with van der Waals surface area (Å²) in [5.41, 5.74) is 0. The van der Waals surface area contributed by atoms with Crippen LogP contribution in [0.4, 0.5) is 0 Å². The van der Waals surface area contributed by atoms with E-state index in [1.165, 1.54) is 13.1 Å². The quantitative estimate of drug-likeness (QED) is 0.391. The summed E-state index contributed by atoms with van der Waals surface area (Å²) >= 11 is 0. The van der Waals surface area contributed by atoms with Crippen molar-refractivity contribution in [1.29, 1.82) is 0 Å². The summed E-state index contributed by atoms with van der Waals surface area (Å²) in [6.45, 7) is 6.89. The van der Waals surface area contributed by atoms with Crippen molar-refractivity contribution < 1.29 is 16.9 Å². The van der Waals surface area contributed by atoms with E-state index in [1.54, 1.807) is 0 Å². The van der Waals surface area contributed by atoms with Crippen molar-refractivity contribution in [3.8, 4) is 0 Å². The molecule has 0 spiro atoms. The van der Waals surface area contributed by atoms with Crippen molar-refractivity contribution in [3.63, 3.8) is 0 Å². The lowest BCUT2D eigenvalue weighted by Gasteiger charge is -2.25. The fourth-order valence-corrected chi connectivity index (χ4v) is 0.224. The number of rotatable bonds is 2. The molecule has 0 bridgehead atoms. The Hall–Kier alpha value is 0.250. The lowest BCUT2D eigenvalue weighted by atomic mass is 10.5. The molecule has 2 heteroatoms. The monoisotopic (exact) mass is 137 g/mol. The van der Waals surface area contributed by atoms with Gasteiger partial charge in [-0.25, -0.2) is 0 Å². The zero-order valence-electron chi connectivity index (χ0n) is 6.24. The summed E-state index contributed by atoms with van der Waals surface area (Å²) in [7, 11) is 4.47. The summed E-state index contributed by atoms with van der Waals surface area (Å²) in [4.78, 5) is 0. The average molecular weight is 138 g/mol. The molecular weight excluding hydrogens is 122 g/mol. The highest BCUT2D eigenvalue weighted by Crippen LogP contribution is 1.91. The van der Waals surface area contributed by atoms with Gasteiger partial charge < -0.3 is 16.9 Å². The molecule has 0 amide bonds. The molecule has 0 aliphatic heterocycles. The number of hydrogen-bond donors (Lipinski definition) is 0. The Kier molecular flexibility index (Phi) is 5.77. The van der Waals surface area contributed by atoms with Crippen LogP contribution < -0.4 is 12.4 Å². The van der Waals surface area contributed by atoms with Gasteiger partial charge in [-0.1, -0.05) is 0 Å². The van der Waals surface area contributed by atoms with Crippen LogP contribution in [0.3, 0.4) is 0 Å². The Morgan fingerprint density at radius 2 is 1.25 bits per heavy atom. The Bertz CT molecular complexity index is 46.5. The zero-order valence-corrected chi connectivity index (χ0v) is 7.00. The summed E-state index contributed by atoms with van der Waals surface area (Å²) in [5, 5.41) is 0. The highest BCUT2D eigenvalue weighted by atomic mass is 35.5. The molecule has 0 heterocycles. The Morgan fingerprint density at radius 3 is 1.25 bits per heavy atom. The molecule has 0 radical (unpaired) electrons. The first-order valence-corrected chi connectivity index (χ1v) is 2.94. The van der Waals surface area contributed by atoms with Crippen LogP contribution in [-0.4, -0.2) is 31.7 Å². The van der Waals surface area contributed by atoms with E-state index >= 15 is 0 Å². The third-order valence-corrected chi connectivity index (χ3v) is 1.71. The van der Waals surface area contributed by atoms with Crippen molar-refractivity contribution in [2.45, 2.75) is 13.8 Å². The van der Waals surface area contributed by atoms with E-state index in [9.17, 15) is 0 Å². The summed E-state index contributed by atoms with van der Waals surface area (Å²) in [6.07, 6.45) is 0. The summed E-state index contributed by atoms with van der Waals surface area (Å²) < 4.78 is 1.14. The maximum Gasteiger partial charge on any atom is 0.0753 e. The van der Waals surface area contributed by atoms with Crippen molar-refractivity contribution >= 4 is 0 Å². The molecule has 1 nitrogen and oxygen atoms in total. The molecule has 0 aliphatic rings. The lowest BCUT2D eigenvalue weighted by molar-refractivity contribution is -0.886. The van der Waals surface area contributed by atoms with Gasteiger partial charge in [0, 0.05) is 0 Å². The smallest absolute Gasteiger partial charge is 0.0753 e. The predicted octanol–water partition coefficient (Wildman–Crippen LogP) is -1.89. The average Bonchev–Trinajstić information content (AvgIpc) is 1.68. The van der Waals surface area contributed by atoms with Gasteiger partial charge in [0.05, 0.1) is 27.2 Å². The van der Waals surface area contributed by atoms with Gasteiger partial charge in [-0.2, -0.15) is 0 Å². The lowest BCUT2D eigenvalue weighted by Crippen LogP contribution is -3.00. The van der Waals surface area contributed by atoms with E-state index in [2.05, 4.69) is 27.9 Å². The number of halogens is 1. The van der Waals surface area contributed by atoms with Gasteiger partial charge >= 0.3 is 0 Å². The highest BCUT2D eigenvalue weighted by Gasteiger charge is 2.04. The largest absolute Gasteiger partial charge is 1.00 e. The van der Waals surface area contributed by atoms with Crippen LogP contribution in [0.15, 0.2) is 0 Å². The molecule has 0 aliphatic carbocycles. The van der Waals surface area contributed by atoms with Crippen molar-refractivity contribution in [2.24, 2.45) is 0 Å². The Labute approximate surface area is 58.7 Å². The van der Waals surface area contributed by atoms with Gasteiger partial charge in [0.25, 0.3) is 0 Å². The van der Waals surface area contributed by atoms with Crippen LogP contribution >= 0.6 is 0 Å². The van der Waals surface area contributed by atoms with E-state index in [0.717, 1.165) is 4.48 Å². The second kappa shape index (κ2) is 4.16. The fraction of sp³-hybridized carbons (Fsp3) is 1.00. The second-order valence-electron chi connectivity index (χ2n) is 2.57. The SMILES string of the molecule is CC[N+](C)(C)CC.[Cl-]. The van der Waals surface area contributed by atoms with Crippen molar-refractivity contribution in [3.05, 3.63) is 0 Å². The van der Waals surface area contributed by atoms with Crippen LogP contribution in [0, 0.1) is 0 Å². The van der Waals surface area contributed by atoms with Gasteiger partial charge in [0.1, 0.15) is 0 Å². The second-order valence-corrected chi connectivity index (χ2v) is 2.57. The van der Waals surface area contributed by atoms with E-state index in [1.807, 2.05) is 0 Å². The molecule has 0 unspecified atom stereocenters. The molecule has 0 aromatic rings. The summed E-state index contributed by atoms with van der Waals surface area (Å²) in [5.74, 6) is 0. The van der Waals surface area contributed by atoms with Crippen LogP contribution in [0.1, 0.15) is 13.8 Å². The van der Waals surface area contributed by atoms with Gasteiger partial charge in [-0.3, -0.25) is 0 Å². The molecule has 52 valence electrons. The number of nitrogens with zero attached hydrogens (tertiary/aromatic N) is 1. The first-order chi connectivity index (χ1) is 3.12. The minimum atomic E-state index is 0. The van der Waals surface area contributed by atoms with E-state index in [0.29, 0.717) is 0 Å². The normalized spacial score (nSPS) is 10.5. The first-order valence-electron chi connectivity index (χ1n) is 2.94. The maximum absolute atomic E-state index is 2.24. The molecule has 0 saturated heterocycles. The minimum Gasteiger partial charge on any atom is -1.00 e. The third-order valence-electron chi connectivity index (χ3n) is 1.71. The standard InChI is InChI=1S/C6H16N.ClH/c1-5-7(3,4)6-2;/h5-6H2,1-4H3;1H/q+1;/p-1. The van der Waals surface area contributed by atoms with Gasteiger partial charge in [-0.15, -0.1) is 0 Å². The van der Waals surface area contributed by atoms with E-state index in [4.69, 9.17) is 0 Å². The van der Waals surface area contributed by atoms with Gasteiger partial charge in [0.2, 0.25) is 0 Å². The van der Waals surface area contributed by atoms with E-state index in [-0.39, 0.29) is 12.4 Å². The highest BCUT2D eigenvalue weighted by molar-refractivity contribution is 4.17. The van der Waals surface area contributed by atoms with E-state index < -0.39 is 0 Å². The number of quaternary nitrogens is 1. The molecule has 0 aromatic carbocycles. The maximum atomic E-state index is 2.24. The molecule has 0 aromatic heterocycles. The van der Waals surface area contributed by atoms with Gasteiger partial charge in [-0.05, 0) is 13.8 Å². The molecule has 0 saturated carbocycles. The molecular formula is C6H16ClN.